The van der Waals surface area contributed by atoms with Crippen LogP contribution in [0, 0.1) is 0 Å². The molecule has 1 saturated heterocycles. The predicted octanol–water partition coefficient (Wildman–Crippen LogP) is 2.72. The summed E-state index contributed by atoms with van der Waals surface area (Å²) in [7, 11) is -7.98. The van der Waals surface area contributed by atoms with Gasteiger partial charge in [-0.3, -0.25) is 4.79 Å². The van der Waals surface area contributed by atoms with Crippen molar-refractivity contribution in [2.75, 3.05) is 19.6 Å². The molecule has 4 rings (SSSR count). The molecule has 0 saturated carbocycles. The zero-order chi connectivity index (χ0) is 25.1. The highest BCUT2D eigenvalue weighted by molar-refractivity contribution is 7.89. The number of rotatable bonds is 7. The number of amides is 1. The summed E-state index contributed by atoms with van der Waals surface area (Å²) in [6, 6.07) is 21.3. The normalized spacial score (nSPS) is 17.7. The highest BCUT2D eigenvalue weighted by atomic mass is 35.5. The fourth-order valence-corrected chi connectivity index (χ4v) is 7.12. The van der Waals surface area contributed by atoms with E-state index in [4.69, 9.17) is 11.6 Å². The molecule has 1 heterocycles. The first kappa shape index (κ1) is 25.3. The molecule has 1 aliphatic rings. The molecule has 0 radical (unpaired) electrons. The van der Waals surface area contributed by atoms with Crippen molar-refractivity contribution < 1.29 is 21.6 Å². The van der Waals surface area contributed by atoms with E-state index in [-0.39, 0.29) is 36.0 Å². The highest BCUT2D eigenvalue weighted by Crippen LogP contribution is 2.25. The third kappa shape index (κ3) is 5.41. The minimum Gasteiger partial charge on any atom is -0.351 e. The Morgan fingerprint density at radius 1 is 0.800 bits per heavy atom. The smallest absolute Gasteiger partial charge is 0.243 e. The zero-order valence-electron chi connectivity index (χ0n) is 18.6. The van der Waals surface area contributed by atoms with Gasteiger partial charge >= 0.3 is 0 Å². The average molecular weight is 534 g/mol. The van der Waals surface area contributed by atoms with Crippen LogP contribution >= 0.6 is 11.6 Å². The summed E-state index contributed by atoms with van der Waals surface area (Å²) in [5.41, 5.74) is 0.657. The molecule has 184 valence electrons. The molecular weight excluding hydrogens is 510 g/mol. The van der Waals surface area contributed by atoms with Crippen LogP contribution < -0.4 is 5.32 Å². The number of hydrogen-bond donors (Lipinski definition) is 1. The van der Waals surface area contributed by atoms with Gasteiger partial charge in [0, 0.05) is 31.2 Å². The first-order chi connectivity index (χ1) is 16.7. The van der Waals surface area contributed by atoms with Crippen LogP contribution in [0.3, 0.4) is 0 Å². The van der Waals surface area contributed by atoms with Crippen LogP contribution in [0.5, 0.6) is 0 Å². The summed E-state index contributed by atoms with van der Waals surface area (Å²) in [5.74, 6) is -0.614. The van der Waals surface area contributed by atoms with Crippen LogP contribution in [-0.2, 0) is 31.4 Å². The van der Waals surface area contributed by atoms with Gasteiger partial charge < -0.3 is 5.32 Å². The minimum absolute atomic E-state index is 0.0308. The maximum Gasteiger partial charge on any atom is 0.243 e. The number of carbonyl (C=O) groups is 1. The summed E-state index contributed by atoms with van der Waals surface area (Å²) in [6.45, 7) is -0.512. The maximum atomic E-state index is 13.4. The number of piperazine rings is 1. The van der Waals surface area contributed by atoms with Gasteiger partial charge in [0.15, 0.2) is 0 Å². The van der Waals surface area contributed by atoms with Gasteiger partial charge in [0.25, 0.3) is 0 Å². The van der Waals surface area contributed by atoms with Crippen LogP contribution in [0.15, 0.2) is 94.7 Å². The van der Waals surface area contributed by atoms with Crippen LogP contribution in [0.1, 0.15) is 5.56 Å². The Kier molecular flexibility index (Phi) is 7.58. The highest BCUT2D eigenvalue weighted by Gasteiger charge is 2.43. The first-order valence-electron chi connectivity index (χ1n) is 10.8. The van der Waals surface area contributed by atoms with Crippen molar-refractivity contribution in [2.45, 2.75) is 22.4 Å². The van der Waals surface area contributed by atoms with Gasteiger partial charge in [-0.2, -0.15) is 8.61 Å². The van der Waals surface area contributed by atoms with Gasteiger partial charge in [-0.15, -0.1) is 0 Å². The van der Waals surface area contributed by atoms with Crippen molar-refractivity contribution in [1.82, 2.24) is 13.9 Å². The maximum absolute atomic E-state index is 13.4. The number of halogens is 1. The lowest BCUT2D eigenvalue weighted by Crippen LogP contribution is -2.61. The Balaban J connectivity index is 1.64. The van der Waals surface area contributed by atoms with Crippen molar-refractivity contribution in [3.8, 4) is 0 Å². The van der Waals surface area contributed by atoms with E-state index >= 15 is 0 Å². The Labute approximate surface area is 210 Å². The lowest BCUT2D eigenvalue weighted by atomic mass is 10.2. The van der Waals surface area contributed by atoms with Crippen LogP contribution in [-0.4, -0.2) is 57.0 Å². The summed E-state index contributed by atoms with van der Waals surface area (Å²) < 4.78 is 55.5. The molecule has 1 atom stereocenters. The van der Waals surface area contributed by atoms with Crippen LogP contribution in [0.25, 0.3) is 0 Å². The van der Waals surface area contributed by atoms with Gasteiger partial charge in [-0.25, -0.2) is 16.8 Å². The predicted molar refractivity (Wildman–Crippen MR) is 133 cm³/mol. The molecule has 0 aromatic heterocycles. The summed E-state index contributed by atoms with van der Waals surface area (Å²) >= 11 is 6.18. The van der Waals surface area contributed by atoms with Crippen LogP contribution in [0.4, 0.5) is 0 Å². The number of nitrogens with one attached hydrogen (secondary N) is 1. The van der Waals surface area contributed by atoms with E-state index < -0.39 is 32.0 Å². The molecule has 35 heavy (non-hydrogen) atoms. The molecule has 1 amide bonds. The molecule has 0 spiro atoms. The van der Waals surface area contributed by atoms with Gasteiger partial charge in [-0.05, 0) is 35.9 Å². The van der Waals surface area contributed by atoms with Crippen LogP contribution in [0.2, 0.25) is 5.02 Å². The first-order valence-corrected chi connectivity index (χ1v) is 14.1. The molecule has 11 heteroatoms. The van der Waals surface area contributed by atoms with Gasteiger partial charge in [0.2, 0.25) is 26.0 Å². The third-order valence-electron chi connectivity index (χ3n) is 5.74. The zero-order valence-corrected chi connectivity index (χ0v) is 21.0. The van der Waals surface area contributed by atoms with Crippen molar-refractivity contribution in [1.29, 1.82) is 0 Å². The lowest BCUT2D eigenvalue weighted by molar-refractivity contribution is -0.126. The fraction of sp³-hybridized carbons (Fsp3) is 0.208. The third-order valence-corrected chi connectivity index (χ3v) is 9.91. The van der Waals surface area contributed by atoms with E-state index in [0.29, 0.717) is 10.6 Å². The van der Waals surface area contributed by atoms with Crippen molar-refractivity contribution in [3.05, 3.63) is 95.5 Å². The van der Waals surface area contributed by atoms with Crippen molar-refractivity contribution in [3.63, 3.8) is 0 Å². The molecule has 3 aromatic carbocycles. The molecule has 1 fully saturated rings. The fourth-order valence-electron chi connectivity index (χ4n) is 3.87. The number of benzene rings is 3. The van der Waals surface area contributed by atoms with Gasteiger partial charge in [0.05, 0.1) is 9.79 Å². The summed E-state index contributed by atoms with van der Waals surface area (Å²) in [6.07, 6.45) is 0. The molecule has 1 N–H and O–H groups in total. The van der Waals surface area contributed by atoms with Crippen molar-refractivity contribution in [2.24, 2.45) is 0 Å². The lowest BCUT2D eigenvalue weighted by Gasteiger charge is -2.39. The second kappa shape index (κ2) is 10.5. The molecule has 0 aliphatic carbocycles. The van der Waals surface area contributed by atoms with E-state index in [1.165, 1.54) is 24.3 Å². The number of hydrogen-bond acceptors (Lipinski definition) is 5. The van der Waals surface area contributed by atoms with Gasteiger partial charge in [-0.1, -0.05) is 66.2 Å². The SMILES string of the molecule is O=C(NCc1ccccc1Cl)[C@H]1CN(S(=O)(=O)c2ccccc2)CCN1S(=O)(=O)c1ccccc1. The Morgan fingerprint density at radius 3 is 1.94 bits per heavy atom. The van der Waals surface area contributed by atoms with E-state index in [0.717, 1.165) is 8.61 Å². The van der Waals surface area contributed by atoms with E-state index in [1.807, 2.05) is 0 Å². The van der Waals surface area contributed by atoms with E-state index in [1.54, 1.807) is 60.7 Å². The van der Waals surface area contributed by atoms with Crippen molar-refractivity contribution >= 4 is 37.6 Å². The second-order valence-corrected chi connectivity index (χ2v) is 12.2. The molecule has 0 unspecified atom stereocenters. The van der Waals surface area contributed by atoms with Gasteiger partial charge in [0.1, 0.15) is 6.04 Å². The number of nitrogens with zero attached hydrogens (tertiary/aromatic N) is 2. The molecule has 0 bridgehead atoms. The Bertz CT molecular complexity index is 1400. The minimum atomic E-state index is -4.06. The Morgan fingerprint density at radius 2 is 1.34 bits per heavy atom. The topological polar surface area (TPSA) is 104 Å². The monoisotopic (exact) mass is 533 g/mol. The molecule has 8 nitrogen and oxygen atoms in total. The van der Waals surface area contributed by atoms with E-state index in [2.05, 4.69) is 5.32 Å². The quantitative estimate of drug-likeness (QED) is 0.503. The molecule has 3 aromatic rings. The Hall–Kier alpha value is -2.76. The summed E-state index contributed by atoms with van der Waals surface area (Å²) in [4.78, 5) is 13.4. The average Bonchev–Trinajstić information content (AvgIpc) is 2.88. The molecular formula is C24H24ClN3O5S2. The second-order valence-electron chi connectivity index (χ2n) is 7.93. The molecule has 1 aliphatic heterocycles. The number of carbonyl (C=O) groups excluding carboxylic acids is 1. The number of sulfonamides is 2. The van der Waals surface area contributed by atoms with E-state index in [9.17, 15) is 21.6 Å². The largest absolute Gasteiger partial charge is 0.351 e. The standard InChI is InChI=1S/C24H24ClN3O5S2/c25-22-14-8-7-9-19(22)17-26-24(29)23-18-27(34(30,31)20-10-3-1-4-11-20)15-16-28(23)35(32,33)21-12-5-2-6-13-21/h1-14,23H,15-18H2,(H,26,29)/t23-/m1/s1. The summed E-state index contributed by atoms with van der Waals surface area (Å²) in [5, 5.41) is 3.18.